The number of thiazole rings is 1. The molecule has 0 spiro atoms. The van der Waals surface area contributed by atoms with Gasteiger partial charge in [-0.3, -0.25) is 4.79 Å². The molecule has 0 saturated carbocycles. The molecule has 0 atom stereocenters. The molecule has 1 N–H and O–H groups in total. The molecule has 1 aliphatic rings. The molecule has 1 aromatic heterocycles. The molecule has 0 bridgehead atoms. The van der Waals surface area contributed by atoms with Gasteiger partial charge in [0.15, 0.2) is 5.78 Å². The Bertz CT molecular complexity index is 604. The monoisotopic (exact) mass is 258 g/mol. The van der Waals surface area contributed by atoms with Crippen LogP contribution in [0.4, 0.5) is 5.69 Å². The van der Waals surface area contributed by atoms with Gasteiger partial charge in [-0.05, 0) is 25.0 Å². The smallest absolute Gasteiger partial charge is 0.168 e. The Morgan fingerprint density at radius 2 is 2.39 bits per heavy atom. The highest BCUT2D eigenvalue weighted by Crippen LogP contribution is 2.24. The molecule has 2 heterocycles. The maximum atomic E-state index is 12.2. The summed E-state index contributed by atoms with van der Waals surface area (Å²) in [6.45, 7) is 2.93. The van der Waals surface area contributed by atoms with Gasteiger partial charge in [-0.25, -0.2) is 4.98 Å². The van der Waals surface area contributed by atoms with Crippen LogP contribution < -0.4 is 5.32 Å². The zero-order valence-corrected chi connectivity index (χ0v) is 11.0. The van der Waals surface area contributed by atoms with Gasteiger partial charge in [-0.2, -0.15) is 0 Å². The van der Waals surface area contributed by atoms with Crippen molar-refractivity contribution in [1.82, 2.24) is 4.98 Å². The largest absolute Gasteiger partial charge is 0.384 e. The summed E-state index contributed by atoms with van der Waals surface area (Å²) in [5.41, 5.74) is 4.05. The van der Waals surface area contributed by atoms with Crippen molar-refractivity contribution < 1.29 is 4.79 Å². The maximum absolute atomic E-state index is 12.2. The first-order chi connectivity index (χ1) is 8.72. The van der Waals surface area contributed by atoms with Crippen molar-refractivity contribution in [2.24, 2.45) is 0 Å². The summed E-state index contributed by atoms with van der Waals surface area (Å²) in [6.07, 6.45) is 1.44. The van der Waals surface area contributed by atoms with Crippen LogP contribution in [0.1, 0.15) is 26.6 Å². The van der Waals surface area contributed by atoms with E-state index in [1.807, 2.05) is 24.4 Å². The van der Waals surface area contributed by atoms with E-state index in [1.54, 1.807) is 11.3 Å². The van der Waals surface area contributed by atoms with Crippen molar-refractivity contribution in [1.29, 1.82) is 0 Å². The molecule has 1 aromatic carbocycles. The zero-order valence-electron chi connectivity index (χ0n) is 10.2. The van der Waals surface area contributed by atoms with Crippen molar-refractivity contribution in [3.63, 3.8) is 0 Å². The lowest BCUT2D eigenvalue weighted by molar-refractivity contribution is 0.0992. The van der Waals surface area contributed by atoms with Crippen LogP contribution in [0.25, 0.3) is 0 Å². The maximum Gasteiger partial charge on any atom is 0.168 e. The van der Waals surface area contributed by atoms with Gasteiger partial charge in [0, 0.05) is 23.2 Å². The summed E-state index contributed by atoms with van der Waals surface area (Å²) in [5, 5.41) is 6.26. The van der Waals surface area contributed by atoms with E-state index in [1.165, 1.54) is 5.56 Å². The summed E-state index contributed by atoms with van der Waals surface area (Å²) < 4.78 is 0. The number of benzene rings is 1. The first-order valence-electron chi connectivity index (χ1n) is 6.03. The van der Waals surface area contributed by atoms with Crippen LogP contribution in [-0.2, 0) is 12.8 Å². The molecule has 1 aliphatic heterocycles. The van der Waals surface area contributed by atoms with E-state index in [9.17, 15) is 4.79 Å². The minimum absolute atomic E-state index is 0.136. The van der Waals surface area contributed by atoms with E-state index >= 15 is 0 Å². The molecule has 0 fully saturated rings. The van der Waals surface area contributed by atoms with E-state index in [2.05, 4.69) is 16.4 Å². The molecular formula is C14H14N2OS. The number of rotatable bonds is 3. The number of Topliss-reactive ketones (excluding diaryl/α,β-unsaturated/α-hetero) is 1. The SMILES string of the molecule is Cc1nc(CC(=O)c2ccc3c(c2)NCC3)cs1. The lowest BCUT2D eigenvalue weighted by atomic mass is 10.0. The number of carbonyl (C=O) groups excluding carboxylic acids is 1. The minimum atomic E-state index is 0.136. The Balaban J connectivity index is 1.80. The Morgan fingerprint density at radius 3 is 3.17 bits per heavy atom. The molecule has 92 valence electrons. The van der Waals surface area contributed by atoms with E-state index in [-0.39, 0.29) is 5.78 Å². The lowest BCUT2D eigenvalue weighted by Gasteiger charge is -2.03. The molecule has 0 aliphatic carbocycles. The van der Waals surface area contributed by atoms with Crippen molar-refractivity contribution in [2.45, 2.75) is 19.8 Å². The standard InChI is InChI=1S/C14H14N2OS/c1-9-16-12(8-18-9)7-14(17)11-3-2-10-4-5-15-13(10)6-11/h2-3,6,8,15H,4-5,7H2,1H3. The fourth-order valence-corrected chi connectivity index (χ4v) is 2.83. The van der Waals surface area contributed by atoms with Gasteiger partial charge in [-0.1, -0.05) is 12.1 Å². The number of hydrogen-bond acceptors (Lipinski definition) is 4. The molecule has 0 amide bonds. The molecule has 0 radical (unpaired) electrons. The third-order valence-electron chi connectivity index (χ3n) is 3.15. The predicted octanol–water partition coefficient (Wildman–Crippen LogP) is 2.84. The van der Waals surface area contributed by atoms with E-state index in [0.717, 1.165) is 34.9 Å². The van der Waals surface area contributed by atoms with E-state index < -0.39 is 0 Å². The molecule has 2 aromatic rings. The van der Waals surface area contributed by atoms with E-state index in [4.69, 9.17) is 0 Å². The number of ketones is 1. The molecule has 3 nitrogen and oxygen atoms in total. The lowest BCUT2D eigenvalue weighted by Crippen LogP contribution is -2.04. The fourth-order valence-electron chi connectivity index (χ4n) is 2.22. The zero-order chi connectivity index (χ0) is 12.5. The average Bonchev–Trinajstić information content (AvgIpc) is 2.96. The summed E-state index contributed by atoms with van der Waals surface area (Å²) >= 11 is 1.59. The van der Waals surface area contributed by atoms with Crippen LogP contribution in [0, 0.1) is 6.92 Å². The Morgan fingerprint density at radius 1 is 1.50 bits per heavy atom. The number of aromatic nitrogens is 1. The third-order valence-corrected chi connectivity index (χ3v) is 3.97. The van der Waals surface area contributed by atoms with Gasteiger partial charge in [0.05, 0.1) is 17.1 Å². The topological polar surface area (TPSA) is 42.0 Å². The van der Waals surface area contributed by atoms with Crippen molar-refractivity contribution in [3.8, 4) is 0 Å². The Hall–Kier alpha value is -1.68. The van der Waals surface area contributed by atoms with Crippen LogP contribution >= 0.6 is 11.3 Å². The number of anilines is 1. The van der Waals surface area contributed by atoms with Crippen LogP contribution in [0.5, 0.6) is 0 Å². The highest BCUT2D eigenvalue weighted by molar-refractivity contribution is 7.09. The summed E-state index contributed by atoms with van der Waals surface area (Å²) in [4.78, 5) is 16.5. The van der Waals surface area contributed by atoms with E-state index in [0.29, 0.717) is 6.42 Å². The first-order valence-corrected chi connectivity index (χ1v) is 6.91. The number of nitrogens with one attached hydrogen (secondary N) is 1. The molecular weight excluding hydrogens is 244 g/mol. The molecule has 4 heteroatoms. The van der Waals surface area contributed by atoms with Gasteiger partial charge in [0.2, 0.25) is 0 Å². The van der Waals surface area contributed by atoms with Crippen LogP contribution in [-0.4, -0.2) is 17.3 Å². The molecule has 0 unspecified atom stereocenters. The van der Waals surface area contributed by atoms with Crippen LogP contribution in [0.2, 0.25) is 0 Å². The predicted molar refractivity (Wildman–Crippen MR) is 73.5 cm³/mol. The fraction of sp³-hybridized carbons (Fsp3) is 0.286. The van der Waals surface area contributed by atoms with Gasteiger partial charge in [-0.15, -0.1) is 11.3 Å². The number of carbonyl (C=O) groups is 1. The number of hydrogen-bond donors (Lipinski definition) is 1. The summed E-state index contributed by atoms with van der Waals surface area (Å²) in [6, 6.07) is 5.94. The van der Waals surface area contributed by atoms with Gasteiger partial charge in [0.1, 0.15) is 0 Å². The highest BCUT2D eigenvalue weighted by atomic mass is 32.1. The number of nitrogens with zero attached hydrogens (tertiary/aromatic N) is 1. The number of aryl methyl sites for hydroxylation is 1. The third kappa shape index (κ3) is 2.16. The normalized spacial score (nSPS) is 13.2. The average molecular weight is 258 g/mol. The van der Waals surface area contributed by atoms with Crippen molar-refractivity contribution >= 4 is 22.8 Å². The second-order valence-corrected chi connectivity index (χ2v) is 5.57. The Labute approximate surface area is 110 Å². The molecule has 3 rings (SSSR count). The second-order valence-electron chi connectivity index (χ2n) is 4.51. The summed E-state index contributed by atoms with van der Waals surface area (Å²) in [7, 11) is 0. The second kappa shape index (κ2) is 4.53. The van der Waals surface area contributed by atoms with Crippen LogP contribution in [0.15, 0.2) is 23.6 Å². The number of fused-ring (bicyclic) bond motifs is 1. The van der Waals surface area contributed by atoms with Crippen LogP contribution in [0.3, 0.4) is 0 Å². The molecule has 18 heavy (non-hydrogen) atoms. The van der Waals surface area contributed by atoms with Gasteiger partial charge in [0.25, 0.3) is 0 Å². The summed E-state index contributed by atoms with van der Waals surface area (Å²) in [5.74, 6) is 0.136. The quantitative estimate of drug-likeness (QED) is 0.861. The van der Waals surface area contributed by atoms with Gasteiger partial charge < -0.3 is 5.32 Å². The highest BCUT2D eigenvalue weighted by Gasteiger charge is 2.14. The molecule has 0 saturated heterocycles. The Kier molecular flexibility index (Phi) is 2.88. The van der Waals surface area contributed by atoms with Crippen molar-refractivity contribution in [2.75, 3.05) is 11.9 Å². The first kappa shape index (κ1) is 11.4. The van der Waals surface area contributed by atoms with Crippen molar-refractivity contribution in [3.05, 3.63) is 45.4 Å². The minimum Gasteiger partial charge on any atom is -0.384 e. The van der Waals surface area contributed by atoms with Gasteiger partial charge >= 0.3 is 0 Å².